The number of nitrogens with one attached hydrogen (secondary N) is 1. The molecule has 2 heterocycles. The van der Waals surface area contributed by atoms with Crippen molar-refractivity contribution in [2.75, 3.05) is 0 Å². The first-order chi connectivity index (χ1) is 13.1. The van der Waals surface area contributed by atoms with Crippen LogP contribution in [0.1, 0.15) is 18.2 Å². The molecule has 0 amide bonds. The molecule has 0 bridgehead atoms. The van der Waals surface area contributed by atoms with Gasteiger partial charge >= 0.3 is 6.18 Å². The maximum Gasteiger partial charge on any atom is 0.433 e. The highest BCUT2D eigenvalue weighted by atomic mass is 35.5. The Labute approximate surface area is 167 Å². The highest BCUT2D eigenvalue weighted by Gasteiger charge is 2.41. The molecule has 0 aliphatic rings. The Kier molecular flexibility index (Phi) is 5.46. The number of halogens is 4. The van der Waals surface area contributed by atoms with E-state index in [9.17, 15) is 18.3 Å². The second kappa shape index (κ2) is 7.53. The zero-order valence-electron chi connectivity index (χ0n) is 14.4. The largest absolute Gasteiger partial charge is 0.439 e. The Morgan fingerprint density at radius 1 is 1.21 bits per heavy atom. The number of aromatic amines is 1. The third-order valence-electron chi connectivity index (χ3n) is 3.83. The molecule has 1 aromatic carbocycles. The third-order valence-corrected chi connectivity index (χ3v) is 4.41. The van der Waals surface area contributed by atoms with Gasteiger partial charge in [0.1, 0.15) is 17.7 Å². The quantitative estimate of drug-likeness (QED) is 0.573. The highest BCUT2D eigenvalue weighted by Crippen LogP contribution is 2.38. The van der Waals surface area contributed by atoms with Crippen LogP contribution in [0.2, 0.25) is 5.02 Å². The molecule has 0 aliphatic carbocycles. The standard InChI is InChI=1S/C17H14ClF3N4O2S/c1-16(26,8-25-15(28)22-9-23-25)12-6-7-13(24-14(12)17(19,20)21)27-11-4-2-10(18)3-5-11/h2-7,9,26H,8H2,1H3,(H,22,23,28). The number of H-pyrrole nitrogens is 1. The van der Waals surface area contributed by atoms with Gasteiger partial charge in [0.25, 0.3) is 0 Å². The van der Waals surface area contributed by atoms with Crippen LogP contribution in [-0.4, -0.2) is 24.9 Å². The van der Waals surface area contributed by atoms with Gasteiger partial charge in [-0.2, -0.15) is 18.3 Å². The summed E-state index contributed by atoms with van der Waals surface area (Å²) in [6, 6.07) is 8.44. The first-order valence-corrected chi connectivity index (χ1v) is 8.70. The van der Waals surface area contributed by atoms with Crippen LogP contribution in [0.15, 0.2) is 42.7 Å². The van der Waals surface area contributed by atoms with E-state index in [1.807, 2.05) is 0 Å². The fraction of sp³-hybridized carbons (Fsp3) is 0.235. The van der Waals surface area contributed by atoms with Gasteiger partial charge in [0.15, 0.2) is 10.5 Å². The molecule has 0 spiro atoms. The van der Waals surface area contributed by atoms with E-state index in [0.717, 1.165) is 6.07 Å². The van der Waals surface area contributed by atoms with Crippen LogP contribution in [0, 0.1) is 4.77 Å². The smallest absolute Gasteiger partial charge is 0.433 e. The van der Waals surface area contributed by atoms with Gasteiger partial charge in [-0.1, -0.05) is 11.6 Å². The lowest BCUT2D eigenvalue weighted by atomic mass is 9.94. The number of hydrogen-bond donors (Lipinski definition) is 2. The molecule has 0 aliphatic heterocycles. The second-order valence-electron chi connectivity index (χ2n) is 6.12. The normalized spacial score (nSPS) is 13.9. The average molecular weight is 431 g/mol. The van der Waals surface area contributed by atoms with Crippen molar-refractivity contribution in [3.8, 4) is 11.6 Å². The average Bonchev–Trinajstić information content (AvgIpc) is 3.00. The van der Waals surface area contributed by atoms with Crippen LogP contribution in [0.25, 0.3) is 0 Å². The second-order valence-corrected chi connectivity index (χ2v) is 6.95. The molecule has 3 aromatic rings. The van der Waals surface area contributed by atoms with Gasteiger partial charge < -0.3 is 14.8 Å². The number of alkyl halides is 3. The van der Waals surface area contributed by atoms with Crippen molar-refractivity contribution < 1.29 is 23.0 Å². The molecule has 6 nitrogen and oxygen atoms in total. The molecule has 1 atom stereocenters. The lowest BCUT2D eigenvalue weighted by Crippen LogP contribution is -2.32. The van der Waals surface area contributed by atoms with Crippen molar-refractivity contribution in [1.82, 2.24) is 19.7 Å². The van der Waals surface area contributed by atoms with E-state index in [1.165, 1.54) is 48.3 Å². The van der Waals surface area contributed by atoms with E-state index in [4.69, 9.17) is 28.6 Å². The van der Waals surface area contributed by atoms with Gasteiger partial charge in [0, 0.05) is 16.7 Å². The minimum Gasteiger partial charge on any atom is -0.439 e. The van der Waals surface area contributed by atoms with E-state index in [1.54, 1.807) is 0 Å². The summed E-state index contributed by atoms with van der Waals surface area (Å²) in [5, 5.41) is 15.0. The van der Waals surface area contributed by atoms with Crippen molar-refractivity contribution in [1.29, 1.82) is 0 Å². The fourth-order valence-corrected chi connectivity index (χ4v) is 2.83. The fourth-order valence-electron chi connectivity index (χ4n) is 2.54. The number of hydrogen-bond acceptors (Lipinski definition) is 5. The molecule has 3 rings (SSSR count). The predicted molar refractivity (Wildman–Crippen MR) is 97.7 cm³/mol. The van der Waals surface area contributed by atoms with Gasteiger partial charge in [-0.25, -0.2) is 9.67 Å². The summed E-state index contributed by atoms with van der Waals surface area (Å²) in [4.78, 5) is 6.19. The number of ether oxygens (including phenoxy) is 1. The lowest BCUT2D eigenvalue weighted by Gasteiger charge is -2.26. The van der Waals surface area contributed by atoms with E-state index < -0.39 is 23.0 Å². The van der Waals surface area contributed by atoms with E-state index in [2.05, 4.69) is 15.1 Å². The molecule has 28 heavy (non-hydrogen) atoms. The molecular weight excluding hydrogens is 417 g/mol. The van der Waals surface area contributed by atoms with Crippen molar-refractivity contribution in [2.24, 2.45) is 0 Å². The molecule has 148 valence electrons. The van der Waals surface area contributed by atoms with Crippen molar-refractivity contribution in [2.45, 2.75) is 25.2 Å². The summed E-state index contributed by atoms with van der Waals surface area (Å²) in [6.45, 7) is 0.937. The summed E-state index contributed by atoms with van der Waals surface area (Å²) in [7, 11) is 0. The van der Waals surface area contributed by atoms with Crippen molar-refractivity contribution >= 4 is 23.8 Å². The summed E-state index contributed by atoms with van der Waals surface area (Å²) >= 11 is 10.8. The predicted octanol–water partition coefficient (Wildman–Crippen LogP) is 4.71. The molecular formula is C17H14ClF3N4O2S. The van der Waals surface area contributed by atoms with Crippen molar-refractivity contribution in [3.63, 3.8) is 0 Å². The Bertz CT molecular complexity index is 1030. The molecule has 1 unspecified atom stereocenters. The van der Waals surface area contributed by atoms with Crippen LogP contribution < -0.4 is 4.74 Å². The van der Waals surface area contributed by atoms with Gasteiger partial charge in [-0.15, -0.1) is 0 Å². The summed E-state index contributed by atoms with van der Waals surface area (Å²) in [6.07, 6.45) is -3.53. The Balaban J connectivity index is 1.98. The zero-order chi connectivity index (χ0) is 20.5. The third kappa shape index (κ3) is 4.51. The number of rotatable bonds is 5. The topological polar surface area (TPSA) is 76.0 Å². The zero-order valence-corrected chi connectivity index (χ0v) is 15.9. The van der Waals surface area contributed by atoms with E-state index in [0.29, 0.717) is 5.02 Å². The number of aliphatic hydroxyl groups is 1. The van der Waals surface area contributed by atoms with Gasteiger partial charge in [0.05, 0.1) is 6.54 Å². The molecule has 11 heteroatoms. The number of nitrogens with zero attached hydrogens (tertiary/aromatic N) is 3. The minimum absolute atomic E-state index is 0.171. The first kappa shape index (κ1) is 20.3. The lowest BCUT2D eigenvalue weighted by molar-refractivity contribution is -0.144. The molecule has 0 saturated heterocycles. The maximum atomic E-state index is 13.6. The Morgan fingerprint density at radius 2 is 1.89 bits per heavy atom. The molecule has 2 aromatic heterocycles. The number of benzene rings is 1. The molecule has 0 radical (unpaired) electrons. The van der Waals surface area contributed by atoms with Crippen LogP contribution in [0.5, 0.6) is 11.6 Å². The molecule has 2 N–H and O–H groups in total. The van der Waals surface area contributed by atoms with Gasteiger partial charge in [-0.3, -0.25) is 0 Å². The summed E-state index contributed by atoms with van der Waals surface area (Å²) < 4.78 is 47.6. The Hall–Kier alpha value is -2.43. The first-order valence-electron chi connectivity index (χ1n) is 7.91. The van der Waals surface area contributed by atoms with Crippen LogP contribution in [0.4, 0.5) is 13.2 Å². The van der Waals surface area contributed by atoms with E-state index >= 15 is 0 Å². The van der Waals surface area contributed by atoms with Gasteiger partial charge in [-0.05, 0) is 49.5 Å². The van der Waals surface area contributed by atoms with Gasteiger partial charge in [0.2, 0.25) is 5.88 Å². The van der Waals surface area contributed by atoms with Crippen molar-refractivity contribution in [3.05, 3.63) is 63.8 Å². The maximum absolute atomic E-state index is 13.6. The molecule has 0 saturated carbocycles. The number of pyridine rings is 1. The number of aromatic nitrogens is 4. The minimum atomic E-state index is -4.81. The van der Waals surface area contributed by atoms with Crippen LogP contribution in [-0.2, 0) is 18.3 Å². The van der Waals surface area contributed by atoms with Crippen LogP contribution in [0.3, 0.4) is 0 Å². The summed E-state index contributed by atoms with van der Waals surface area (Å²) in [5.41, 5.74) is -3.62. The molecule has 0 fully saturated rings. The highest BCUT2D eigenvalue weighted by molar-refractivity contribution is 7.71. The van der Waals surface area contributed by atoms with E-state index in [-0.39, 0.29) is 22.9 Å². The Morgan fingerprint density at radius 3 is 2.46 bits per heavy atom. The SMILES string of the molecule is CC(O)(Cn1nc[nH]c1=S)c1ccc(Oc2ccc(Cl)cc2)nc1C(F)(F)F. The monoisotopic (exact) mass is 430 g/mol. The van der Waals surface area contributed by atoms with Crippen LogP contribution >= 0.6 is 23.8 Å². The summed E-state index contributed by atoms with van der Waals surface area (Å²) in [5.74, 6) is -0.00191.